The van der Waals surface area contributed by atoms with E-state index in [1.54, 1.807) is 0 Å². The van der Waals surface area contributed by atoms with Gasteiger partial charge in [0.25, 0.3) is 0 Å². The summed E-state index contributed by atoms with van der Waals surface area (Å²) < 4.78 is 76.7. The first-order valence-corrected chi connectivity index (χ1v) is 19.5. The molecule has 300 valence electrons. The van der Waals surface area contributed by atoms with E-state index < -0.39 is 23.5 Å². The predicted molar refractivity (Wildman–Crippen MR) is 206 cm³/mol. The van der Waals surface area contributed by atoms with Gasteiger partial charge in [-0.3, -0.25) is 6.08 Å². The first-order chi connectivity index (χ1) is 24.8. The van der Waals surface area contributed by atoms with Gasteiger partial charge in [-0.2, -0.15) is 41.0 Å². The third-order valence-corrected chi connectivity index (χ3v) is 11.0. The van der Waals surface area contributed by atoms with Crippen LogP contribution in [0.3, 0.4) is 0 Å². The molecule has 0 nitrogen and oxygen atoms in total. The molecule has 0 aliphatic heterocycles. The summed E-state index contributed by atoms with van der Waals surface area (Å²) in [6.07, 6.45) is 1.06. The fraction of sp³-hybridized carbons (Fsp3) is 0.383. The van der Waals surface area contributed by atoms with Gasteiger partial charge in [-0.15, -0.1) is 5.56 Å². The van der Waals surface area contributed by atoms with Crippen molar-refractivity contribution >= 4 is 3.21 Å². The summed E-state index contributed by atoms with van der Waals surface area (Å²) in [5.74, 6) is 0.573. The van der Waals surface area contributed by atoms with Crippen molar-refractivity contribution in [3.05, 3.63) is 153 Å². The van der Waals surface area contributed by atoms with E-state index in [1.807, 2.05) is 0 Å². The standard InChI is InChI=1S/C21H25.C15H8F6.C11H17.2ClH.Zr/c1-20(2,3)16-9-7-14-11-15-8-10-17(21(4,5)6)13-19(15)18(14)12-16;16-14(17,18)12-5-1-3-10(8-12)7-11-4-2-6-13(9-11)15(19,20)21;1-5-9-6-7-10(8-9)11(2,3)4;;;/h7,9-10,12-13H,11H2,1-6H3;1-6,8-9H;7-9H,5H2,1-4H3;2*1H;/q-1;;-1;;;+2/p-2. The molecule has 4 aromatic rings. The van der Waals surface area contributed by atoms with E-state index in [-0.39, 0.29) is 46.8 Å². The Labute approximate surface area is 357 Å². The van der Waals surface area contributed by atoms with Gasteiger partial charge in [0, 0.05) is 0 Å². The van der Waals surface area contributed by atoms with Crippen molar-refractivity contribution in [2.24, 2.45) is 11.3 Å². The number of alkyl halides is 6. The summed E-state index contributed by atoms with van der Waals surface area (Å²) in [5.41, 5.74) is 9.40. The Balaban J connectivity index is 0.000000300. The van der Waals surface area contributed by atoms with Gasteiger partial charge in [0.05, 0.1) is 0 Å². The number of hydrogen-bond donors (Lipinski definition) is 0. The Morgan fingerprint density at radius 2 is 1.14 bits per heavy atom. The van der Waals surface area contributed by atoms with Crippen LogP contribution in [-0.2, 0) is 53.8 Å². The van der Waals surface area contributed by atoms with Crippen molar-refractivity contribution in [3.63, 3.8) is 0 Å². The Kier molecular flexibility index (Phi) is 16.7. The monoisotopic (exact) mass is 888 g/mol. The third kappa shape index (κ3) is 12.9. The average molecular weight is 891 g/mol. The van der Waals surface area contributed by atoms with Crippen LogP contribution in [0, 0.1) is 23.5 Å². The zero-order valence-corrected chi connectivity index (χ0v) is 37.6. The largest absolute Gasteiger partial charge is 1.00 e. The number of allylic oxidation sites excluding steroid dienone is 4. The molecule has 0 fully saturated rings. The van der Waals surface area contributed by atoms with Gasteiger partial charge < -0.3 is 24.8 Å². The first kappa shape index (κ1) is 49.4. The Hall–Kier alpha value is -2.73. The molecule has 0 saturated heterocycles. The topological polar surface area (TPSA) is 0 Å². The SMILES string of the molecule is CC(C)(C)c1c[c-]c2c(c1)-c1cc(C(C)(C)C)ccc1C2.CCC1[C-]=CC(C(C)(C)C)=C1.FC(F)(F)c1cccc([C](=[Zr+2])c2cccc(C(F)(F)F)c2)c1.[Cl-].[Cl-]. The van der Waals surface area contributed by atoms with Crippen LogP contribution in [0.5, 0.6) is 0 Å². The molecule has 4 aromatic carbocycles. The molecule has 0 bridgehead atoms. The second-order valence-electron chi connectivity index (χ2n) is 17.1. The number of hydrogen-bond acceptors (Lipinski definition) is 0. The van der Waals surface area contributed by atoms with Gasteiger partial charge in [0.2, 0.25) is 0 Å². The van der Waals surface area contributed by atoms with E-state index in [4.69, 9.17) is 0 Å². The molecule has 9 heteroatoms. The Bertz CT molecular complexity index is 1910. The molecule has 0 aromatic heterocycles. The van der Waals surface area contributed by atoms with Gasteiger partial charge in [0.1, 0.15) is 0 Å². The zero-order valence-electron chi connectivity index (χ0n) is 33.7. The summed E-state index contributed by atoms with van der Waals surface area (Å²) in [7, 11) is 0. The van der Waals surface area contributed by atoms with E-state index in [2.05, 4.69) is 124 Å². The maximum atomic E-state index is 12.7. The number of halogens is 8. The normalized spacial score (nSPS) is 14.8. The quantitative estimate of drug-likeness (QED) is 0.128. The number of fused-ring (bicyclic) bond motifs is 3. The van der Waals surface area contributed by atoms with Gasteiger partial charge in [-0.1, -0.05) is 122 Å². The molecular weight excluding hydrogens is 841 g/mol. The minimum atomic E-state index is -4.49. The molecule has 6 rings (SSSR count). The number of rotatable bonds is 3. The van der Waals surface area contributed by atoms with Crippen molar-refractivity contribution in [2.45, 2.75) is 105 Å². The maximum Gasteiger partial charge on any atom is -1.00 e. The van der Waals surface area contributed by atoms with Crippen LogP contribution < -0.4 is 24.8 Å². The van der Waals surface area contributed by atoms with E-state index in [0.29, 0.717) is 14.5 Å². The van der Waals surface area contributed by atoms with Gasteiger partial charge in [-0.25, -0.2) is 6.08 Å². The fourth-order valence-corrected chi connectivity index (χ4v) is 6.83. The predicted octanol–water partition coefficient (Wildman–Crippen LogP) is 7.86. The van der Waals surface area contributed by atoms with Crippen LogP contribution >= 0.6 is 0 Å². The molecule has 1 atom stereocenters. The minimum absolute atomic E-state index is 0. The maximum absolute atomic E-state index is 12.7. The van der Waals surface area contributed by atoms with Crippen molar-refractivity contribution in [2.75, 3.05) is 0 Å². The summed E-state index contributed by atoms with van der Waals surface area (Å²) in [5, 5.41) is 0. The van der Waals surface area contributed by atoms with Crippen LogP contribution in [0.2, 0.25) is 0 Å². The van der Waals surface area contributed by atoms with Crippen LogP contribution in [-0.4, -0.2) is 3.21 Å². The van der Waals surface area contributed by atoms with Crippen LogP contribution in [0.4, 0.5) is 26.3 Å². The molecule has 0 radical (unpaired) electrons. The van der Waals surface area contributed by atoms with E-state index in [9.17, 15) is 26.3 Å². The van der Waals surface area contributed by atoms with Gasteiger partial charge >= 0.3 is 137 Å². The Morgan fingerprint density at radius 1 is 0.643 bits per heavy atom. The molecule has 1 unspecified atom stereocenters. The Morgan fingerprint density at radius 3 is 1.55 bits per heavy atom. The third-order valence-electron chi connectivity index (χ3n) is 9.62. The van der Waals surface area contributed by atoms with Crippen molar-refractivity contribution in [3.8, 4) is 11.1 Å². The summed E-state index contributed by atoms with van der Waals surface area (Å²) >= 11 is 0.729. The van der Waals surface area contributed by atoms with Gasteiger partial charge in [-0.05, 0) is 17.4 Å². The summed E-state index contributed by atoms with van der Waals surface area (Å²) in [6.45, 7) is 22.6. The van der Waals surface area contributed by atoms with Crippen molar-refractivity contribution in [1.82, 2.24) is 0 Å². The second kappa shape index (κ2) is 18.9. The smallest absolute Gasteiger partial charge is 1.00 e. The summed E-state index contributed by atoms with van der Waals surface area (Å²) in [4.78, 5) is 0. The fourth-order valence-electron chi connectivity index (χ4n) is 6.07. The summed E-state index contributed by atoms with van der Waals surface area (Å²) in [6, 6.07) is 24.2. The molecule has 0 amide bonds. The number of benzene rings is 4. The molecule has 0 N–H and O–H groups in total. The van der Waals surface area contributed by atoms with Crippen LogP contribution in [0.1, 0.15) is 120 Å². The molecule has 0 heterocycles. The van der Waals surface area contributed by atoms with Crippen LogP contribution in [0.15, 0.2) is 96.6 Å². The molecule has 2 aliphatic carbocycles. The zero-order chi connectivity index (χ0) is 40.4. The molecular formula is C47H50Cl2F6Zr-2. The molecule has 0 saturated carbocycles. The van der Waals surface area contributed by atoms with Crippen molar-refractivity contribution < 1.29 is 75.4 Å². The minimum Gasteiger partial charge on any atom is -1.00 e. The molecule has 56 heavy (non-hydrogen) atoms. The first-order valence-electron chi connectivity index (χ1n) is 18.2. The van der Waals surface area contributed by atoms with Crippen LogP contribution in [0.25, 0.3) is 11.1 Å². The van der Waals surface area contributed by atoms with E-state index in [1.165, 1.54) is 69.6 Å². The van der Waals surface area contributed by atoms with Crippen molar-refractivity contribution in [1.29, 1.82) is 0 Å². The van der Waals surface area contributed by atoms with E-state index >= 15 is 0 Å². The average Bonchev–Trinajstić information content (AvgIpc) is 3.72. The molecule has 2 aliphatic rings. The van der Waals surface area contributed by atoms with Gasteiger partial charge in [0.15, 0.2) is 0 Å². The molecule has 0 spiro atoms. The van der Waals surface area contributed by atoms with E-state index in [0.717, 1.165) is 54.9 Å². The second-order valence-corrected chi connectivity index (χ2v) is 18.3.